The van der Waals surface area contributed by atoms with Crippen LogP contribution in [0.1, 0.15) is 15.9 Å². The molecule has 0 radical (unpaired) electrons. The molecule has 0 atom stereocenters. The Hall–Kier alpha value is -2.98. The second kappa shape index (κ2) is 9.64. The third-order valence-electron chi connectivity index (χ3n) is 3.83. The van der Waals surface area contributed by atoms with E-state index >= 15 is 0 Å². The summed E-state index contributed by atoms with van der Waals surface area (Å²) in [5.41, 5.74) is 1.61. The molecule has 0 fully saturated rings. The van der Waals surface area contributed by atoms with Gasteiger partial charge in [0.2, 0.25) is 0 Å². The number of rotatable bonds is 8. The van der Waals surface area contributed by atoms with Crippen molar-refractivity contribution < 1.29 is 14.3 Å². The van der Waals surface area contributed by atoms with Crippen molar-refractivity contribution in [3.8, 4) is 11.5 Å². The zero-order chi connectivity index (χ0) is 18.9. The van der Waals surface area contributed by atoms with Gasteiger partial charge in [0, 0.05) is 5.56 Å². The van der Waals surface area contributed by atoms with Gasteiger partial charge in [0.1, 0.15) is 24.7 Å². The van der Waals surface area contributed by atoms with Crippen LogP contribution in [-0.2, 0) is 6.61 Å². The molecular formula is C22H20ClNO3. The summed E-state index contributed by atoms with van der Waals surface area (Å²) in [5.74, 6) is 1.08. The number of nitrogens with one attached hydrogen (secondary N) is 1. The zero-order valence-corrected chi connectivity index (χ0v) is 15.5. The average Bonchev–Trinajstić information content (AvgIpc) is 2.72. The predicted molar refractivity (Wildman–Crippen MR) is 106 cm³/mol. The Morgan fingerprint density at radius 1 is 0.889 bits per heavy atom. The van der Waals surface area contributed by atoms with Crippen molar-refractivity contribution in [3.05, 3.63) is 95.0 Å². The molecular weight excluding hydrogens is 362 g/mol. The molecule has 3 rings (SSSR count). The lowest BCUT2D eigenvalue weighted by Crippen LogP contribution is -2.28. The van der Waals surface area contributed by atoms with Crippen molar-refractivity contribution in [3.63, 3.8) is 0 Å². The number of amides is 1. The van der Waals surface area contributed by atoms with Gasteiger partial charge in [0.25, 0.3) is 5.91 Å². The number of carbonyl (C=O) groups is 1. The first-order valence-corrected chi connectivity index (χ1v) is 9.02. The van der Waals surface area contributed by atoms with Gasteiger partial charge in [-0.1, -0.05) is 60.1 Å². The maximum Gasteiger partial charge on any atom is 0.251 e. The minimum absolute atomic E-state index is 0.178. The van der Waals surface area contributed by atoms with Crippen LogP contribution in [0.2, 0.25) is 5.02 Å². The largest absolute Gasteiger partial charge is 0.490 e. The number of ether oxygens (including phenoxy) is 2. The Kier molecular flexibility index (Phi) is 6.72. The van der Waals surface area contributed by atoms with Crippen LogP contribution in [0.3, 0.4) is 0 Å². The summed E-state index contributed by atoms with van der Waals surface area (Å²) in [5, 5.41) is 3.38. The highest BCUT2D eigenvalue weighted by Crippen LogP contribution is 2.22. The first-order valence-electron chi connectivity index (χ1n) is 8.65. The van der Waals surface area contributed by atoms with Gasteiger partial charge in [-0.05, 0) is 35.9 Å². The monoisotopic (exact) mass is 381 g/mol. The van der Waals surface area contributed by atoms with Crippen LogP contribution in [0, 0.1) is 0 Å². The summed E-state index contributed by atoms with van der Waals surface area (Å²) in [6, 6.07) is 24.2. The fourth-order valence-corrected chi connectivity index (χ4v) is 2.65. The molecule has 0 bridgehead atoms. The second-order valence-electron chi connectivity index (χ2n) is 5.84. The standard InChI is InChI=1S/C22H20ClNO3/c23-20-11-4-5-12-21(20)26-14-13-24-22(25)18-9-6-10-19(15-18)27-16-17-7-2-1-3-8-17/h1-12,15H,13-14,16H2,(H,24,25). The molecule has 0 aliphatic carbocycles. The summed E-state index contributed by atoms with van der Waals surface area (Å²) in [6.45, 7) is 1.16. The molecule has 5 heteroatoms. The Morgan fingerprint density at radius 2 is 1.67 bits per heavy atom. The van der Waals surface area contributed by atoms with Gasteiger partial charge >= 0.3 is 0 Å². The molecule has 27 heavy (non-hydrogen) atoms. The summed E-state index contributed by atoms with van der Waals surface area (Å²) < 4.78 is 11.3. The van der Waals surface area contributed by atoms with Crippen LogP contribution >= 0.6 is 11.6 Å². The van der Waals surface area contributed by atoms with E-state index in [0.717, 1.165) is 5.56 Å². The van der Waals surface area contributed by atoms with Crippen LogP contribution in [0.15, 0.2) is 78.9 Å². The minimum Gasteiger partial charge on any atom is -0.490 e. The van der Waals surface area contributed by atoms with E-state index in [2.05, 4.69) is 5.32 Å². The van der Waals surface area contributed by atoms with E-state index in [1.807, 2.05) is 48.5 Å². The third kappa shape index (κ3) is 5.76. The van der Waals surface area contributed by atoms with Crippen molar-refractivity contribution in [1.29, 1.82) is 0 Å². The normalized spacial score (nSPS) is 10.3. The summed E-state index contributed by atoms with van der Waals surface area (Å²) >= 11 is 6.03. The molecule has 0 saturated heterocycles. The summed E-state index contributed by atoms with van der Waals surface area (Å²) in [7, 11) is 0. The molecule has 4 nitrogen and oxygen atoms in total. The molecule has 1 N–H and O–H groups in total. The van der Waals surface area contributed by atoms with Crippen LogP contribution in [0.4, 0.5) is 0 Å². The third-order valence-corrected chi connectivity index (χ3v) is 4.14. The van der Waals surface area contributed by atoms with Gasteiger partial charge in [0.05, 0.1) is 11.6 Å². The van der Waals surface area contributed by atoms with Gasteiger partial charge in [0.15, 0.2) is 0 Å². The lowest BCUT2D eigenvalue weighted by molar-refractivity contribution is 0.0946. The smallest absolute Gasteiger partial charge is 0.251 e. The van der Waals surface area contributed by atoms with Gasteiger partial charge in [-0.25, -0.2) is 0 Å². The second-order valence-corrected chi connectivity index (χ2v) is 6.24. The highest BCUT2D eigenvalue weighted by molar-refractivity contribution is 6.32. The van der Waals surface area contributed by atoms with Crippen molar-refractivity contribution in [2.75, 3.05) is 13.2 Å². The molecule has 0 unspecified atom stereocenters. The number of benzene rings is 3. The first-order chi connectivity index (χ1) is 13.2. The van der Waals surface area contributed by atoms with Crippen LogP contribution < -0.4 is 14.8 Å². The Labute approximate surface area is 163 Å². The van der Waals surface area contributed by atoms with Gasteiger partial charge < -0.3 is 14.8 Å². The molecule has 138 valence electrons. The van der Waals surface area contributed by atoms with E-state index in [1.54, 1.807) is 30.3 Å². The van der Waals surface area contributed by atoms with E-state index < -0.39 is 0 Å². The highest BCUT2D eigenvalue weighted by atomic mass is 35.5. The van der Waals surface area contributed by atoms with E-state index in [0.29, 0.717) is 41.8 Å². The highest BCUT2D eigenvalue weighted by Gasteiger charge is 2.07. The Morgan fingerprint density at radius 3 is 2.48 bits per heavy atom. The molecule has 3 aromatic rings. The van der Waals surface area contributed by atoms with Crippen molar-refractivity contribution in [2.24, 2.45) is 0 Å². The molecule has 0 saturated carbocycles. The first kappa shape index (κ1) is 18.8. The van der Waals surface area contributed by atoms with Gasteiger partial charge in [-0.15, -0.1) is 0 Å². The fraction of sp³-hybridized carbons (Fsp3) is 0.136. The van der Waals surface area contributed by atoms with Gasteiger partial charge in [-0.2, -0.15) is 0 Å². The van der Waals surface area contributed by atoms with Crippen molar-refractivity contribution in [1.82, 2.24) is 5.32 Å². The molecule has 0 aromatic heterocycles. The predicted octanol–water partition coefficient (Wildman–Crippen LogP) is 4.73. The fourth-order valence-electron chi connectivity index (χ4n) is 2.46. The van der Waals surface area contributed by atoms with E-state index in [9.17, 15) is 4.79 Å². The number of hydrogen-bond acceptors (Lipinski definition) is 3. The molecule has 0 aliphatic heterocycles. The molecule has 3 aromatic carbocycles. The topological polar surface area (TPSA) is 47.6 Å². The van der Waals surface area contributed by atoms with E-state index in [1.165, 1.54) is 0 Å². The van der Waals surface area contributed by atoms with Crippen LogP contribution in [0.25, 0.3) is 0 Å². The van der Waals surface area contributed by atoms with E-state index in [-0.39, 0.29) is 5.91 Å². The van der Waals surface area contributed by atoms with Crippen molar-refractivity contribution >= 4 is 17.5 Å². The van der Waals surface area contributed by atoms with Gasteiger partial charge in [-0.3, -0.25) is 4.79 Å². The molecule has 0 aliphatic rings. The summed E-state index contributed by atoms with van der Waals surface area (Å²) in [6.07, 6.45) is 0. The van der Waals surface area contributed by atoms with Crippen LogP contribution in [0.5, 0.6) is 11.5 Å². The Bertz CT molecular complexity index is 883. The number of para-hydroxylation sites is 1. The maximum absolute atomic E-state index is 12.3. The molecule has 0 spiro atoms. The lowest BCUT2D eigenvalue weighted by Gasteiger charge is -2.10. The zero-order valence-electron chi connectivity index (χ0n) is 14.7. The van der Waals surface area contributed by atoms with Crippen molar-refractivity contribution in [2.45, 2.75) is 6.61 Å². The summed E-state index contributed by atoms with van der Waals surface area (Å²) in [4.78, 5) is 12.3. The number of halogens is 1. The maximum atomic E-state index is 12.3. The number of carbonyl (C=O) groups excluding carboxylic acids is 1. The quantitative estimate of drug-likeness (QED) is 0.574. The average molecular weight is 382 g/mol. The lowest BCUT2D eigenvalue weighted by atomic mass is 10.2. The minimum atomic E-state index is -0.178. The number of hydrogen-bond donors (Lipinski definition) is 1. The SMILES string of the molecule is O=C(NCCOc1ccccc1Cl)c1cccc(OCc2ccccc2)c1. The van der Waals surface area contributed by atoms with Crippen LogP contribution in [-0.4, -0.2) is 19.1 Å². The Balaban J connectivity index is 1.47. The van der Waals surface area contributed by atoms with E-state index in [4.69, 9.17) is 21.1 Å². The molecule has 0 heterocycles. The molecule has 1 amide bonds.